The number of para-hydroxylation sites is 1. The predicted octanol–water partition coefficient (Wildman–Crippen LogP) is 6.34. The molecule has 1 N–H and O–H groups in total. The highest BCUT2D eigenvalue weighted by Crippen LogP contribution is 2.39. The molecule has 0 spiro atoms. The standard InChI is InChI=1S/C28H30N4OS/c1-20-16-23(17-21(2)31(20)18-22-10-5-3-6-11-22)25-19-32(24-12-7-4-8-13-24)30-27(25)29-28(33)26-14-9-15-34-26/h3-15,19-21,23H,16-18H2,1-2H3,(H,29,30,33). The van der Waals surface area contributed by atoms with E-state index >= 15 is 0 Å². The first-order chi connectivity index (χ1) is 16.6. The van der Waals surface area contributed by atoms with Crippen LogP contribution < -0.4 is 5.32 Å². The molecule has 6 heteroatoms. The fraction of sp³-hybridized carbons (Fsp3) is 0.286. The van der Waals surface area contributed by atoms with Gasteiger partial charge in [-0.15, -0.1) is 16.4 Å². The van der Waals surface area contributed by atoms with Crippen molar-refractivity contribution in [1.82, 2.24) is 14.7 Å². The SMILES string of the molecule is CC1CC(c2cn(-c3ccccc3)nc2NC(=O)c2cccs2)CC(C)N1Cc1ccccc1. The average Bonchev–Trinajstić information content (AvgIpc) is 3.53. The van der Waals surface area contributed by atoms with E-state index in [9.17, 15) is 4.79 Å². The van der Waals surface area contributed by atoms with Gasteiger partial charge in [-0.05, 0) is 61.7 Å². The molecule has 0 radical (unpaired) electrons. The molecule has 174 valence electrons. The van der Waals surface area contributed by atoms with Gasteiger partial charge in [0.05, 0.1) is 10.6 Å². The van der Waals surface area contributed by atoms with Gasteiger partial charge in [-0.3, -0.25) is 9.69 Å². The number of rotatable bonds is 6. The Bertz CT molecular complexity index is 1210. The normalized spacial score (nSPS) is 20.8. The third-order valence-electron chi connectivity index (χ3n) is 6.77. The van der Waals surface area contributed by atoms with Gasteiger partial charge in [0.2, 0.25) is 0 Å². The van der Waals surface area contributed by atoms with Crippen LogP contribution in [0.5, 0.6) is 0 Å². The van der Waals surface area contributed by atoms with Gasteiger partial charge < -0.3 is 5.32 Å². The molecular weight excluding hydrogens is 440 g/mol. The second-order valence-corrected chi connectivity index (χ2v) is 10.1. The minimum Gasteiger partial charge on any atom is -0.304 e. The average molecular weight is 471 g/mol. The van der Waals surface area contributed by atoms with Crippen LogP contribution in [0.25, 0.3) is 5.69 Å². The zero-order valence-corrected chi connectivity index (χ0v) is 20.4. The van der Waals surface area contributed by atoms with Crippen LogP contribution in [0.2, 0.25) is 0 Å². The smallest absolute Gasteiger partial charge is 0.266 e. The Balaban J connectivity index is 1.41. The van der Waals surface area contributed by atoms with Crippen LogP contribution in [-0.2, 0) is 6.54 Å². The van der Waals surface area contributed by atoms with Crippen LogP contribution in [0, 0.1) is 0 Å². The van der Waals surface area contributed by atoms with E-state index in [4.69, 9.17) is 5.10 Å². The summed E-state index contributed by atoms with van der Waals surface area (Å²) in [6.45, 7) is 5.59. The van der Waals surface area contributed by atoms with Gasteiger partial charge in [0.25, 0.3) is 5.91 Å². The van der Waals surface area contributed by atoms with E-state index in [1.807, 2.05) is 52.5 Å². The number of benzene rings is 2. The molecule has 0 bridgehead atoms. The summed E-state index contributed by atoms with van der Waals surface area (Å²) in [6.07, 6.45) is 4.16. The molecule has 1 amide bonds. The van der Waals surface area contributed by atoms with Crippen LogP contribution in [0.4, 0.5) is 5.82 Å². The van der Waals surface area contributed by atoms with Crippen molar-refractivity contribution in [1.29, 1.82) is 0 Å². The van der Waals surface area contributed by atoms with Gasteiger partial charge in [0.1, 0.15) is 0 Å². The number of thiophene rings is 1. The number of piperidine rings is 1. The molecule has 0 aliphatic carbocycles. The lowest BCUT2D eigenvalue weighted by Gasteiger charge is -2.42. The van der Waals surface area contributed by atoms with E-state index in [2.05, 4.69) is 60.6 Å². The Kier molecular flexibility index (Phi) is 6.61. The number of amides is 1. The summed E-state index contributed by atoms with van der Waals surface area (Å²) in [5.74, 6) is 0.897. The van der Waals surface area contributed by atoms with Crippen LogP contribution in [0.1, 0.15) is 53.4 Å². The molecule has 3 heterocycles. The highest BCUT2D eigenvalue weighted by molar-refractivity contribution is 7.12. The Morgan fingerprint density at radius 3 is 2.29 bits per heavy atom. The number of nitrogens with zero attached hydrogens (tertiary/aromatic N) is 3. The molecule has 5 nitrogen and oxygen atoms in total. The van der Waals surface area contributed by atoms with Gasteiger partial charge in [-0.2, -0.15) is 0 Å². The molecule has 0 saturated carbocycles. The van der Waals surface area contributed by atoms with Gasteiger partial charge in [0.15, 0.2) is 5.82 Å². The van der Waals surface area contributed by atoms with Crippen LogP contribution in [0.3, 0.4) is 0 Å². The first-order valence-corrected chi connectivity index (χ1v) is 12.8. The van der Waals surface area contributed by atoms with Crippen molar-refractivity contribution in [2.24, 2.45) is 0 Å². The van der Waals surface area contributed by atoms with Crippen molar-refractivity contribution in [2.75, 3.05) is 5.32 Å². The summed E-state index contributed by atoms with van der Waals surface area (Å²) in [4.78, 5) is 16.2. The molecule has 1 fully saturated rings. The van der Waals surface area contributed by atoms with E-state index in [0.29, 0.717) is 28.7 Å². The van der Waals surface area contributed by atoms with Gasteiger partial charge in [-0.1, -0.05) is 54.6 Å². The highest BCUT2D eigenvalue weighted by atomic mass is 32.1. The lowest BCUT2D eigenvalue weighted by Crippen LogP contribution is -2.45. The second kappa shape index (κ2) is 9.95. The number of hydrogen-bond acceptors (Lipinski definition) is 4. The second-order valence-electron chi connectivity index (χ2n) is 9.17. The molecule has 34 heavy (non-hydrogen) atoms. The number of aromatic nitrogens is 2. The van der Waals surface area contributed by atoms with Crippen molar-refractivity contribution in [3.8, 4) is 5.69 Å². The molecule has 5 rings (SSSR count). The Labute approximate surface area is 205 Å². The molecule has 2 aromatic heterocycles. The van der Waals surface area contributed by atoms with E-state index in [1.54, 1.807) is 0 Å². The Morgan fingerprint density at radius 2 is 1.65 bits per heavy atom. The van der Waals surface area contributed by atoms with Gasteiger partial charge in [0, 0.05) is 30.4 Å². The minimum atomic E-state index is -0.0998. The molecule has 2 atom stereocenters. The summed E-state index contributed by atoms with van der Waals surface area (Å²) < 4.78 is 1.89. The van der Waals surface area contributed by atoms with Crippen LogP contribution in [0.15, 0.2) is 84.4 Å². The topological polar surface area (TPSA) is 50.2 Å². The summed E-state index contributed by atoms with van der Waals surface area (Å²) in [7, 11) is 0. The van der Waals surface area contributed by atoms with Gasteiger partial charge >= 0.3 is 0 Å². The number of hydrogen-bond donors (Lipinski definition) is 1. The number of likely N-dealkylation sites (tertiary alicyclic amines) is 1. The molecule has 4 aromatic rings. The quantitative estimate of drug-likeness (QED) is 0.358. The fourth-order valence-corrected chi connectivity index (χ4v) is 5.68. The summed E-state index contributed by atoms with van der Waals surface area (Å²) >= 11 is 1.44. The molecule has 2 unspecified atom stereocenters. The third kappa shape index (κ3) is 4.83. The summed E-state index contributed by atoms with van der Waals surface area (Å²) in [5, 5.41) is 9.85. The van der Waals surface area contributed by atoms with Gasteiger partial charge in [-0.25, -0.2) is 4.68 Å². The highest BCUT2D eigenvalue weighted by Gasteiger charge is 2.34. The van der Waals surface area contributed by atoms with Crippen LogP contribution in [-0.4, -0.2) is 32.7 Å². The Hall–Kier alpha value is -3.22. The number of anilines is 1. The maximum atomic E-state index is 12.9. The summed E-state index contributed by atoms with van der Waals surface area (Å²) in [5.41, 5.74) is 3.45. The minimum absolute atomic E-state index is 0.0998. The van der Waals surface area contributed by atoms with Crippen molar-refractivity contribution < 1.29 is 4.79 Å². The third-order valence-corrected chi connectivity index (χ3v) is 7.64. The zero-order chi connectivity index (χ0) is 23.5. The lowest BCUT2D eigenvalue weighted by atomic mass is 9.83. The van der Waals surface area contributed by atoms with E-state index in [0.717, 1.165) is 30.6 Å². The molecule has 1 aliphatic rings. The first kappa shape index (κ1) is 22.6. The summed E-state index contributed by atoms with van der Waals surface area (Å²) in [6, 6.07) is 25.4. The number of nitrogens with one attached hydrogen (secondary N) is 1. The van der Waals surface area contributed by atoms with Crippen molar-refractivity contribution in [3.05, 3.63) is 100 Å². The van der Waals surface area contributed by atoms with Crippen molar-refractivity contribution >= 4 is 23.1 Å². The molecule has 2 aromatic carbocycles. The largest absolute Gasteiger partial charge is 0.304 e. The van der Waals surface area contributed by atoms with E-state index in [1.165, 1.54) is 16.9 Å². The molecule has 1 aliphatic heterocycles. The lowest BCUT2D eigenvalue weighted by molar-refractivity contribution is 0.0830. The predicted molar refractivity (Wildman–Crippen MR) is 139 cm³/mol. The van der Waals surface area contributed by atoms with E-state index in [-0.39, 0.29) is 5.91 Å². The molecular formula is C28H30N4OS. The fourth-order valence-electron chi connectivity index (χ4n) is 5.06. The molecule has 1 saturated heterocycles. The monoisotopic (exact) mass is 470 g/mol. The zero-order valence-electron chi connectivity index (χ0n) is 19.6. The number of carbonyl (C=O) groups is 1. The maximum absolute atomic E-state index is 12.9. The van der Waals surface area contributed by atoms with Crippen molar-refractivity contribution in [3.63, 3.8) is 0 Å². The maximum Gasteiger partial charge on any atom is 0.266 e. The van der Waals surface area contributed by atoms with Crippen LogP contribution >= 0.6 is 11.3 Å². The van der Waals surface area contributed by atoms with E-state index < -0.39 is 0 Å². The number of carbonyl (C=O) groups excluding carboxylic acids is 1. The Morgan fingerprint density at radius 1 is 0.971 bits per heavy atom. The van der Waals surface area contributed by atoms with Crippen molar-refractivity contribution in [2.45, 2.75) is 51.2 Å². The first-order valence-electron chi connectivity index (χ1n) is 11.9.